The van der Waals surface area contributed by atoms with Crippen molar-refractivity contribution in [3.8, 4) is 0 Å². The number of hydrogen-bond acceptors (Lipinski definition) is 3. The average molecular weight is 328 g/mol. The number of rotatable bonds is 5. The molecule has 3 nitrogen and oxygen atoms in total. The maximum atomic E-state index is 6.39. The van der Waals surface area contributed by atoms with E-state index in [-0.39, 0.29) is 0 Å². The zero-order chi connectivity index (χ0) is 14.8. The number of piperidine rings is 1. The summed E-state index contributed by atoms with van der Waals surface area (Å²) in [4.78, 5) is 6.93. The first-order chi connectivity index (χ1) is 10.1. The largest absolute Gasteiger partial charge is 0.317 e. The molecule has 1 N–H and O–H groups in total. The zero-order valence-corrected chi connectivity index (χ0v) is 14.1. The Morgan fingerprint density at radius 2 is 1.95 bits per heavy atom. The smallest absolute Gasteiger partial charge is 0.135 e. The van der Waals surface area contributed by atoms with Crippen LogP contribution in [0.15, 0.2) is 6.07 Å². The third-order valence-corrected chi connectivity index (χ3v) is 5.17. The number of aryl methyl sites for hydroxylation is 1. The molecule has 1 aliphatic heterocycles. The van der Waals surface area contributed by atoms with Gasteiger partial charge in [-0.05, 0) is 57.7 Å². The normalized spacial score (nSPS) is 20.2. The van der Waals surface area contributed by atoms with Gasteiger partial charge in [0.2, 0.25) is 0 Å². The molecule has 1 saturated carbocycles. The van der Waals surface area contributed by atoms with Crippen LogP contribution in [0.4, 0.5) is 0 Å². The Kier molecular flexibility index (Phi) is 5.05. The number of halogens is 2. The maximum Gasteiger partial charge on any atom is 0.135 e. The lowest BCUT2D eigenvalue weighted by Gasteiger charge is -2.30. The van der Waals surface area contributed by atoms with Crippen LogP contribution in [0.3, 0.4) is 0 Å². The van der Waals surface area contributed by atoms with Gasteiger partial charge in [-0.25, -0.2) is 4.98 Å². The van der Waals surface area contributed by atoms with Crippen LogP contribution < -0.4 is 5.32 Å². The summed E-state index contributed by atoms with van der Waals surface area (Å²) in [5.74, 6) is 0.794. The van der Waals surface area contributed by atoms with Crippen molar-refractivity contribution in [2.24, 2.45) is 5.92 Å². The molecule has 0 amide bonds. The molecule has 2 aliphatic rings. The summed E-state index contributed by atoms with van der Waals surface area (Å²) < 4.78 is 0. The van der Waals surface area contributed by atoms with Crippen LogP contribution in [0.1, 0.15) is 36.9 Å². The molecule has 1 saturated heterocycles. The van der Waals surface area contributed by atoms with E-state index in [0.29, 0.717) is 11.2 Å². The summed E-state index contributed by atoms with van der Waals surface area (Å²) in [7, 11) is 0. The summed E-state index contributed by atoms with van der Waals surface area (Å²) in [5.41, 5.74) is 1.87. The Balaban J connectivity index is 1.70. The predicted molar refractivity (Wildman–Crippen MR) is 88.0 cm³/mol. The van der Waals surface area contributed by atoms with Crippen LogP contribution in [0.2, 0.25) is 10.2 Å². The van der Waals surface area contributed by atoms with Gasteiger partial charge in [0, 0.05) is 35.4 Å². The first-order valence-electron chi connectivity index (χ1n) is 7.90. The van der Waals surface area contributed by atoms with Gasteiger partial charge >= 0.3 is 0 Å². The fourth-order valence-electron chi connectivity index (χ4n) is 3.15. The Morgan fingerprint density at radius 3 is 2.57 bits per heavy atom. The first kappa shape index (κ1) is 15.5. The van der Waals surface area contributed by atoms with Gasteiger partial charge in [0.25, 0.3) is 0 Å². The van der Waals surface area contributed by atoms with Crippen LogP contribution in [0.5, 0.6) is 0 Å². The molecule has 0 atom stereocenters. The molecule has 1 aliphatic carbocycles. The fraction of sp³-hybridized carbons (Fsp3) is 0.688. The molecule has 116 valence electrons. The third kappa shape index (κ3) is 4.10. The van der Waals surface area contributed by atoms with E-state index in [9.17, 15) is 0 Å². The highest BCUT2D eigenvalue weighted by molar-refractivity contribution is 6.35. The van der Waals surface area contributed by atoms with Crippen LogP contribution in [0.25, 0.3) is 0 Å². The van der Waals surface area contributed by atoms with Crippen molar-refractivity contribution in [2.45, 2.75) is 45.2 Å². The Labute approximate surface area is 137 Å². The molecule has 0 aromatic carbocycles. The molecule has 5 heteroatoms. The van der Waals surface area contributed by atoms with Crippen molar-refractivity contribution < 1.29 is 0 Å². The van der Waals surface area contributed by atoms with Gasteiger partial charge in [-0.3, -0.25) is 4.90 Å². The molecule has 0 spiro atoms. The van der Waals surface area contributed by atoms with Crippen LogP contribution in [0, 0.1) is 12.8 Å². The molecule has 0 bridgehead atoms. The lowest BCUT2D eigenvalue weighted by molar-refractivity contribution is 0.190. The van der Waals surface area contributed by atoms with E-state index in [1.54, 1.807) is 0 Å². The SMILES string of the molecule is Cc1cc(Cl)c(CN(CC2CCNCC2)C2CC2)c(Cl)n1. The van der Waals surface area contributed by atoms with Crippen LogP contribution in [-0.4, -0.2) is 35.6 Å². The highest BCUT2D eigenvalue weighted by Gasteiger charge is 2.31. The molecule has 3 rings (SSSR count). The topological polar surface area (TPSA) is 28.2 Å². The molecular formula is C16H23Cl2N3. The Morgan fingerprint density at radius 1 is 1.24 bits per heavy atom. The van der Waals surface area contributed by atoms with Crippen molar-refractivity contribution in [1.29, 1.82) is 0 Å². The van der Waals surface area contributed by atoms with Gasteiger partial charge in [0.05, 0.1) is 0 Å². The van der Waals surface area contributed by atoms with E-state index in [1.165, 1.54) is 25.7 Å². The van der Waals surface area contributed by atoms with Crippen molar-refractivity contribution in [3.05, 3.63) is 27.5 Å². The molecule has 21 heavy (non-hydrogen) atoms. The summed E-state index contributed by atoms with van der Waals surface area (Å²) >= 11 is 12.7. The molecule has 0 radical (unpaired) electrons. The second-order valence-corrected chi connectivity index (χ2v) is 7.13. The minimum atomic E-state index is 0.566. The summed E-state index contributed by atoms with van der Waals surface area (Å²) in [5, 5.41) is 4.76. The number of nitrogens with one attached hydrogen (secondary N) is 1. The van der Waals surface area contributed by atoms with Crippen LogP contribution >= 0.6 is 23.2 Å². The zero-order valence-electron chi connectivity index (χ0n) is 12.5. The van der Waals surface area contributed by atoms with Gasteiger partial charge < -0.3 is 5.32 Å². The van der Waals surface area contributed by atoms with Crippen molar-refractivity contribution in [2.75, 3.05) is 19.6 Å². The van der Waals surface area contributed by atoms with E-state index in [4.69, 9.17) is 23.2 Å². The lowest BCUT2D eigenvalue weighted by atomic mass is 9.97. The fourth-order valence-corrected chi connectivity index (χ4v) is 3.80. The van der Waals surface area contributed by atoms with Gasteiger partial charge in [-0.1, -0.05) is 23.2 Å². The Bertz CT molecular complexity index is 473. The molecular weight excluding hydrogens is 305 g/mol. The van der Waals surface area contributed by atoms with Crippen molar-refractivity contribution in [3.63, 3.8) is 0 Å². The number of nitrogens with zero attached hydrogens (tertiary/aromatic N) is 2. The van der Waals surface area contributed by atoms with E-state index >= 15 is 0 Å². The number of hydrogen-bond donors (Lipinski definition) is 1. The van der Waals surface area contributed by atoms with Crippen molar-refractivity contribution >= 4 is 23.2 Å². The van der Waals surface area contributed by atoms with E-state index in [0.717, 1.165) is 48.4 Å². The highest BCUT2D eigenvalue weighted by Crippen LogP contribution is 2.33. The Hall–Kier alpha value is -0.350. The monoisotopic (exact) mass is 327 g/mol. The van der Waals surface area contributed by atoms with Gasteiger partial charge in [-0.2, -0.15) is 0 Å². The van der Waals surface area contributed by atoms with Crippen LogP contribution in [-0.2, 0) is 6.54 Å². The van der Waals surface area contributed by atoms with E-state index in [1.807, 2.05) is 13.0 Å². The summed E-state index contributed by atoms with van der Waals surface area (Å²) in [6.45, 7) is 6.22. The average Bonchev–Trinajstić information content (AvgIpc) is 3.27. The quantitative estimate of drug-likeness (QED) is 0.836. The molecule has 1 aromatic rings. The third-order valence-electron chi connectivity index (χ3n) is 4.52. The predicted octanol–water partition coefficient (Wildman–Crippen LogP) is 3.66. The van der Waals surface area contributed by atoms with E-state index in [2.05, 4.69) is 15.2 Å². The molecule has 2 heterocycles. The summed E-state index contributed by atoms with van der Waals surface area (Å²) in [6, 6.07) is 2.63. The standard InChI is InChI=1S/C16H23Cl2N3/c1-11-8-15(17)14(16(18)20-11)10-21(13-2-3-13)9-12-4-6-19-7-5-12/h8,12-13,19H,2-7,9-10H2,1H3. The summed E-state index contributed by atoms with van der Waals surface area (Å²) in [6.07, 6.45) is 5.16. The maximum absolute atomic E-state index is 6.39. The number of aromatic nitrogens is 1. The molecule has 1 aromatic heterocycles. The molecule has 2 fully saturated rings. The van der Waals surface area contributed by atoms with E-state index < -0.39 is 0 Å². The van der Waals surface area contributed by atoms with Gasteiger partial charge in [0.15, 0.2) is 0 Å². The minimum Gasteiger partial charge on any atom is -0.317 e. The van der Waals surface area contributed by atoms with Crippen molar-refractivity contribution in [1.82, 2.24) is 15.2 Å². The number of pyridine rings is 1. The first-order valence-corrected chi connectivity index (χ1v) is 8.65. The van der Waals surface area contributed by atoms with Gasteiger partial charge in [0.1, 0.15) is 5.15 Å². The second-order valence-electron chi connectivity index (χ2n) is 6.37. The molecule has 0 unspecified atom stereocenters. The highest BCUT2D eigenvalue weighted by atomic mass is 35.5. The second kappa shape index (κ2) is 6.82. The van der Waals surface area contributed by atoms with Gasteiger partial charge in [-0.15, -0.1) is 0 Å². The minimum absolute atomic E-state index is 0.566. The lowest BCUT2D eigenvalue weighted by Crippen LogP contribution is -2.37.